The van der Waals surface area contributed by atoms with Gasteiger partial charge in [0, 0.05) is 21.3 Å². The number of hydrogen-bond donors (Lipinski definition) is 1. The van der Waals surface area contributed by atoms with E-state index in [9.17, 15) is 5.26 Å². The second kappa shape index (κ2) is 5.97. The highest BCUT2D eigenvalue weighted by Crippen LogP contribution is 2.32. The van der Waals surface area contributed by atoms with Gasteiger partial charge >= 0.3 is 0 Å². The molecule has 0 heterocycles. The molecule has 0 spiro atoms. The summed E-state index contributed by atoms with van der Waals surface area (Å²) in [4.78, 5) is 0. The molecule has 4 heteroatoms. The molecular formula is C15H12Cl2N2. The molecule has 19 heavy (non-hydrogen) atoms. The zero-order chi connectivity index (χ0) is 13.8. The predicted octanol–water partition coefficient (Wildman–Crippen LogP) is 4.98. The summed E-state index contributed by atoms with van der Waals surface area (Å²) >= 11 is 12.2. The van der Waals surface area contributed by atoms with Gasteiger partial charge in [-0.2, -0.15) is 5.26 Å². The number of rotatable bonds is 3. The van der Waals surface area contributed by atoms with Crippen LogP contribution in [0.4, 0.5) is 5.69 Å². The molecule has 0 saturated heterocycles. The van der Waals surface area contributed by atoms with Crippen molar-refractivity contribution in [3.63, 3.8) is 0 Å². The molecule has 0 saturated carbocycles. The summed E-state index contributed by atoms with van der Waals surface area (Å²) in [5.41, 5.74) is 2.62. The lowest BCUT2D eigenvalue weighted by atomic mass is 10.1. The van der Waals surface area contributed by atoms with Crippen LogP contribution in [0.15, 0.2) is 42.5 Å². The van der Waals surface area contributed by atoms with Crippen molar-refractivity contribution in [2.75, 3.05) is 5.32 Å². The van der Waals surface area contributed by atoms with E-state index in [1.54, 1.807) is 18.2 Å². The molecule has 0 aliphatic rings. The van der Waals surface area contributed by atoms with Crippen LogP contribution in [0.1, 0.15) is 17.2 Å². The standard InChI is InChI=1S/C15H12Cl2N2/c1-10-5-7-11(8-6-10)19-14(9-18)15-12(16)3-2-4-13(15)17/h2-8,14,19H,1H3. The SMILES string of the molecule is Cc1ccc(NC(C#N)c2c(Cl)cccc2Cl)cc1. The van der Waals surface area contributed by atoms with Crippen LogP contribution in [0.3, 0.4) is 0 Å². The van der Waals surface area contributed by atoms with E-state index in [0.29, 0.717) is 15.6 Å². The predicted molar refractivity (Wildman–Crippen MR) is 79.6 cm³/mol. The molecular weight excluding hydrogens is 279 g/mol. The van der Waals surface area contributed by atoms with Crippen molar-refractivity contribution < 1.29 is 0 Å². The second-order valence-corrected chi connectivity index (χ2v) is 5.02. The molecule has 96 valence electrons. The molecule has 2 aromatic carbocycles. The van der Waals surface area contributed by atoms with Crippen LogP contribution in [-0.4, -0.2) is 0 Å². The number of benzene rings is 2. The summed E-state index contributed by atoms with van der Waals surface area (Å²) < 4.78 is 0. The normalized spacial score (nSPS) is 11.7. The van der Waals surface area contributed by atoms with E-state index < -0.39 is 6.04 Å². The van der Waals surface area contributed by atoms with Gasteiger partial charge in [0.2, 0.25) is 0 Å². The van der Waals surface area contributed by atoms with Crippen molar-refractivity contribution in [1.29, 1.82) is 5.26 Å². The first-order chi connectivity index (χ1) is 9.11. The van der Waals surface area contributed by atoms with Crippen molar-refractivity contribution in [2.45, 2.75) is 13.0 Å². The zero-order valence-electron chi connectivity index (χ0n) is 10.3. The monoisotopic (exact) mass is 290 g/mol. The highest BCUT2D eigenvalue weighted by atomic mass is 35.5. The Hall–Kier alpha value is -1.69. The molecule has 2 rings (SSSR count). The molecule has 0 fully saturated rings. The van der Waals surface area contributed by atoms with E-state index in [-0.39, 0.29) is 0 Å². The van der Waals surface area contributed by atoms with E-state index in [1.165, 1.54) is 0 Å². The van der Waals surface area contributed by atoms with Crippen LogP contribution in [0.2, 0.25) is 10.0 Å². The first-order valence-corrected chi connectivity index (χ1v) is 6.54. The van der Waals surface area contributed by atoms with Gasteiger partial charge in [0.15, 0.2) is 0 Å². The minimum absolute atomic E-state index is 0.485. The first-order valence-electron chi connectivity index (χ1n) is 5.78. The number of anilines is 1. The average Bonchev–Trinajstić information content (AvgIpc) is 2.39. The highest BCUT2D eigenvalue weighted by molar-refractivity contribution is 6.36. The fraction of sp³-hybridized carbons (Fsp3) is 0.133. The Labute approximate surface area is 122 Å². The average molecular weight is 291 g/mol. The summed E-state index contributed by atoms with van der Waals surface area (Å²) in [5, 5.41) is 13.4. The van der Waals surface area contributed by atoms with Crippen molar-refractivity contribution in [2.24, 2.45) is 0 Å². The van der Waals surface area contributed by atoms with Crippen LogP contribution in [0.25, 0.3) is 0 Å². The van der Waals surface area contributed by atoms with Gasteiger partial charge in [-0.1, -0.05) is 47.0 Å². The van der Waals surface area contributed by atoms with Crippen LogP contribution in [0, 0.1) is 18.3 Å². The molecule has 2 aromatic rings. The van der Waals surface area contributed by atoms with E-state index in [4.69, 9.17) is 23.2 Å². The lowest BCUT2D eigenvalue weighted by Gasteiger charge is -2.16. The Morgan fingerprint density at radius 1 is 1.05 bits per heavy atom. The summed E-state index contributed by atoms with van der Waals surface area (Å²) in [6, 6.07) is 14.6. The molecule has 1 atom stereocenters. The third kappa shape index (κ3) is 3.20. The summed E-state index contributed by atoms with van der Waals surface area (Å²) in [5.74, 6) is 0. The molecule has 0 radical (unpaired) electrons. The Balaban J connectivity index is 2.31. The number of nitriles is 1. The van der Waals surface area contributed by atoms with Crippen molar-refractivity contribution >= 4 is 28.9 Å². The maximum atomic E-state index is 9.31. The third-order valence-electron chi connectivity index (χ3n) is 2.78. The van der Waals surface area contributed by atoms with Crippen molar-refractivity contribution in [3.05, 3.63) is 63.6 Å². The summed E-state index contributed by atoms with van der Waals surface area (Å²) in [6.07, 6.45) is 0. The summed E-state index contributed by atoms with van der Waals surface area (Å²) in [7, 11) is 0. The van der Waals surface area contributed by atoms with Crippen LogP contribution in [-0.2, 0) is 0 Å². The first kappa shape index (κ1) is 13.7. The van der Waals surface area contributed by atoms with E-state index in [1.807, 2.05) is 31.2 Å². The van der Waals surface area contributed by atoms with Gasteiger partial charge in [-0.15, -0.1) is 0 Å². The lowest BCUT2D eigenvalue weighted by molar-refractivity contribution is 0.998. The molecule has 0 aliphatic heterocycles. The second-order valence-electron chi connectivity index (χ2n) is 4.21. The van der Waals surface area contributed by atoms with E-state index in [2.05, 4.69) is 11.4 Å². The van der Waals surface area contributed by atoms with Crippen LogP contribution >= 0.6 is 23.2 Å². The zero-order valence-corrected chi connectivity index (χ0v) is 11.8. The number of aryl methyl sites for hydroxylation is 1. The Morgan fingerprint density at radius 2 is 1.63 bits per heavy atom. The van der Waals surface area contributed by atoms with Crippen LogP contribution in [0.5, 0.6) is 0 Å². The van der Waals surface area contributed by atoms with Gasteiger partial charge in [0.1, 0.15) is 6.04 Å². The number of nitrogens with one attached hydrogen (secondary N) is 1. The third-order valence-corrected chi connectivity index (χ3v) is 3.44. The van der Waals surface area contributed by atoms with Gasteiger partial charge in [-0.25, -0.2) is 0 Å². The van der Waals surface area contributed by atoms with Crippen LogP contribution < -0.4 is 5.32 Å². The quantitative estimate of drug-likeness (QED) is 0.865. The summed E-state index contributed by atoms with van der Waals surface area (Å²) in [6.45, 7) is 2.01. The Bertz CT molecular complexity index is 595. The Kier molecular flexibility index (Phi) is 4.31. The lowest BCUT2D eigenvalue weighted by Crippen LogP contribution is -2.09. The molecule has 0 bridgehead atoms. The van der Waals surface area contributed by atoms with E-state index in [0.717, 1.165) is 11.3 Å². The number of hydrogen-bond acceptors (Lipinski definition) is 2. The maximum absolute atomic E-state index is 9.31. The van der Waals surface area contributed by atoms with Crippen molar-refractivity contribution in [1.82, 2.24) is 0 Å². The van der Waals surface area contributed by atoms with Gasteiger partial charge in [0.05, 0.1) is 6.07 Å². The molecule has 1 N–H and O–H groups in total. The fourth-order valence-corrected chi connectivity index (χ4v) is 2.39. The fourth-order valence-electron chi connectivity index (χ4n) is 1.77. The molecule has 0 amide bonds. The van der Waals surface area contributed by atoms with Gasteiger partial charge in [-0.3, -0.25) is 0 Å². The topological polar surface area (TPSA) is 35.8 Å². The molecule has 0 aliphatic carbocycles. The maximum Gasteiger partial charge on any atom is 0.143 e. The number of halogens is 2. The molecule has 0 aromatic heterocycles. The minimum atomic E-state index is -0.580. The molecule has 1 unspecified atom stereocenters. The minimum Gasteiger partial charge on any atom is -0.366 e. The highest BCUT2D eigenvalue weighted by Gasteiger charge is 2.17. The Morgan fingerprint density at radius 3 is 2.16 bits per heavy atom. The van der Waals surface area contributed by atoms with Gasteiger partial charge in [-0.05, 0) is 31.2 Å². The van der Waals surface area contributed by atoms with Gasteiger partial charge < -0.3 is 5.32 Å². The smallest absolute Gasteiger partial charge is 0.143 e. The van der Waals surface area contributed by atoms with Gasteiger partial charge in [0.25, 0.3) is 0 Å². The van der Waals surface area contributed by atoms with Crippen molar-refractivity contribution in [3.8, 4) is 6.07 Å². The molecule has 2 nitrogen and oxygen atoms in total. The van der Waals surface area contributed by atoms with E-state index >= 15 is 0 Å². The number of nitrogens with zero attached hydrogens (tertiary/aromatic N) is 1. The largest absolute Gasteiger partial charge is 0.366 e.